The van der Waals surface area contributed by atoms with E-state index in [1.165, 1.54) is 6.08 Å². The molecule has 0 bridgehead atoms. The first kappa shape index (κ1) is 17.1. The maximum Gasteiger partial charge on any atom is 0.246 e. The van der Waals surface area contributed by atoms with Gasteiger partial charge in [-0.2, -0.15) is 4.31 Å². The average Bonchev–Trinajstić information content (AvgIpc) is 2.40. The van der Waals surface area contributed by atoms with Crippen molar-refractivity contribution in [1.82, 2.24) is 4.31 Å². The van der Waals surface area contributed by atoms with E-state index < -0.39 is 33.9 Å². The van der Waals surface area contributed by atoms with E-state index in [2.05, 4.69) is 6.58 Å². The molecule has 0 atom stereocenters. The third kappa shape index (κ3) is 3.56. The zero-order valence-corrected chi connectivity index (χ0v) is 12.2. The van der Waals surface area contributed by atoms with Gasteiger partial charge >= 0.3 is 0 Å². The summed E-state index contributed by atoms with van der Waals surface area (Å²) in [7, 11) is -4.18. The zero-order valence-electron chi connectivity index (χ0n) is 10.6. The van der Waals surface area contributed by atoms with Crippen LogP contribution in [0, 0.1) is 5.82 Å². The summed E-state index contributed by atoms with van der Waals surface area (Å²) in [5, 5.41) is 17.9. The van der Waals surface area contributed by atoms with E-state index in [-0.39, 0.29) is 23.7 Å². The highest BCUT2D eigenvalue weighted by molar-refractivity contribution is 7.89. The second kappa shape index (κ2) is 7.14. The standard InChI is InChI=1S/C12H15ClFNO4S/c1-2-3-15(4-5-16)20(18,19)11-7-10(13)6-9(8-17)12(11)14/h2,6-7,16-17H,1,3-5,8H2. The molecule has 0 aliphatic rings. The van der Waals surface area contributed by atoms with Gasteiger partial charge in [-0.25, -0.2) is 12.8 Å². The summed E-state index contributed by atoms with van der Waals surface area (Å²) in [5.41, 5.74) is -0.210. The van der Waals surface area contributed by atoms with Crippen molar-refractivity contribution in [2.24, 2.45) is 0 Å². The van der Waals surface area contributed by atoms with Gasteiger partial charge in [-0.1, -0.05) is 17.7 Å². The number of nitrogens with zero attached hydrogens (tertiary/aromatic N) is 1. The molecule has 0 aliphatic heterocycles. The van der Waals surface area contributed by atoms with Crippen molar-refractivity contribution in [3.63, 3.8) is 0 Å². The Balaban J connectivity index is 3.40. The van der Waals surface area contributed by atoms with Crippen LogP contribution in [0.15, 0.2) is 29.7 Å². The van der Waals surface area contributed by atoms with Gasteiger partial charge in [0, 0.05) is 23.7 Å². The van der Waals surface area contributed by atoms with E-state index in [1.807, 2.05) is 0 Å². The molecule has 8 heteroatoms. The number of sulfonamides is 1. The van der Waals surface area contributed by atoms with Crippen LogP contribution >= 0.6 is 11.6 Å². The molecule has 0 amide bonds. The van der Waals surface area contributed by atoms with Gasteiger partial charge in [0.25, 0.3) is 0 Å². The molecule has 0 radical (unpaired) electrons. The van der Waals surface area contributed by atoms with Crippen molar-refractivity contribution in [3.05, 3.63) is 41.2 Å². The maximum absolute atomic E-state index is 14.1. The molecule has 1 aromatic rings. The molecule has 112 valence electrons. The molecule has 0 spiro atoms. The van der Waals surface area contributed by atoms with Crippen molar-refractivity contribution in [3.8, 4) is 0 Å². The predicted octanol–water partition coefficient (Wildman–Crippen LogP) is 1.14. The summed E-state index contributed by atoms with van der Waals surface area (Å²) in [4.78, 5) is -0.635. The Morgan fingerprint density at radius 2 is 2.05 bits per heavy atom. The summed E-state index contributed by atoms with van der Waals surface area (Å²) in [6.07, 6.45) is 1.32. The third-order valence-corrected chi connectivity index (χ3v) is 4.63. The highest BCUT2D eigenvalue weighted by Gasteiger charge is 2.28. The molecule has 0 unspecified atom stereocenters. The second-order valence-electron chi connectivity index (χ2n) is 3.91. The smallest absolute Gasteiger partial charge is 0.246 e. The van der Waals surface area contributed by atoms with Gasteiger partial charge in [0.2, 0.25) is 10.0 Å². The van der Waals surface area contributed by atoms with Crippen LogP contribution in [0.5, 0.6) is 0 Å². The lowest BCUT2D eigenvalue weighted by molar-refractivity contribution is 0.259. The van der Waals surface area contributed by atoms with Crippen molar-refractivity contribution in [1.29, 1.82) is 0 Å². The van der Waals surface area contributed by atoms with Crippen LogP contribution in [0.4, 0.5) is 4.39 Å². The van der Waals surface area contributed by atoms with E-state index in [9.17, 15) is 12.8 Å². The molecular weight excluding hydrogens is 309 g/mol. The van der Waals surface area contributed by atoms with Crippen molar-refractivity contribution < 1.29 is 23.0 Å². The van der Waals surface area contributed by atoms with Crippen LogP contribution < -0.4 is 0 Å². The van der Waals surface area contributed by atoms with Gasteiger partial charge in [-0.05, 0) is 12.1 Å². The number of aliphatic hydroxyl groups is 2. The highest BCUT2D eigenvalue weighted by Crippen LogP contribution is 2.26. The van der Waals surface area contributed by atoms with Gasteiger partial charge in [0.15, 0.2) is 0 Å². The fourth-order valence-corrected chi connectivity index (χ4v) is 3.47. The predicted molar refractivity (Wildman–Crippen MR) is 73.4 cm³/mol. The van der Waals surface area contributed by atoms with Gasteiger partial charge in [0.05, 0.1) is 13.2 Å². The largest absolute Gasteiger partial charge is 0.395 e. The summed E-state index contributed by atoms with van der Waals surface area (Å²) < 4.78 is 39.6. The lowest BCUT2D eigenvalue weighted by Gasteiger charge is -2.20. The van der Waals surface area contributed by atoms with Gasteiger partial charge in [-0.15, -0.1) is 6.58 Å². The monoisotopic (exact) mass is 323 g/mol. The van der Waals surface area contributed by atoms with Crippen LogP contribution in [0.3, 0.4) is 0 Å². The Morgan fingerprint density at radius 1 is 1.40 bits per heavy atom. The zero-order chi connectivity index (χ0) is 15.3. The third-order valence-electron chi connectivity index (χ3n) is 2.55. The number of aliphatic hydroxyl groups excluding tert-OH is 2. The molecule has 0 aromatic heterocycles. The topological polar surface area (TPSA) is 77.8 Å². The number of hydrogen-bond donors (Lipinski definition) is 2. The molecule has 0 heterocycles. The van der Waals surface area contributed by atoms with Gasteiger partial charge < -0.3 is 10.2 Å². The minimum atomic E-state index is -4.18. The van der Waals surface area contributed by atoms with E-state index in [0.717, 1.165) is 16.4 Å². The molecule has 0 saturated heterocycles. The highest BCUT2D eigenvalue weighted by atomic mass is 35.5. The molecule has 0 saturated carbocycles. The van der Waals surface area contributed by atoms with E-state index in [4.69, 9.17) is 21.8 Å². The van der Waals surface area contributed by atoms with Crippen molar-refractivity contribution in [2.45, 2.75) is 11.5 Å². The number of halogens is 2. The average molecular weight is 324 g/mol. The minimum Gasteiger partial charge on any atom is -0.395 e. The van der Waals surface area contributed by atoms with Crippen LogP contribution in [-0.2, 0) is 16.6 Å². The molecule has 0 aliphatic carbocycles. The van der Waals surface area contributed by atoms with Crippen LogP contribution in [0.2, 0.25) is 5.02 Å². The number of hydrogen-bond acceptors (Lipinski definition) is 4. The lowest BCUT2D eigenvalue weighted by Crippen LogP contribution is -2.34. The first-order valence-corrected chi connectivity index (χ1v) is 7.51. The Morgan fingerprint density at radius 3 is 2.55 bits per heavy atom. The Labute approximate surface area is 122 Å². The molecule has 5 nitrogen and oxygen atoms in total. The quantitative estimate of drug-likeness (QED) is 0.738. The van der Waals surface area contributed by atoms with Gasteiger partial charge in [0.1, 0.15) is 10.7 Å². The SMILES string of the molecule is C=CCN(CCO)S(=O)(=O)c1cc(Cl)cc(CO)c1F. The van der Waals surface area contributed by atoms with E-state index >= 15 is 0 Å². The van der Waals surface area contributed by atoms with Gasteiger partial charge in [-0.3, -0.25) is 0 Å². The molecule has 2 N–H and O–H groups in total. The van der Waals surface area contributed by atoms with Crippen LogP contribution in [0.1, 0.15) is 5.56 Å². The first-order chi connectivity index (χ1) is 9.38. The summed E-state index contributed by atoms with van der Waals surface area (Å²) in [6.45, 7) is 2.05. The molecule has 1 aromatic carbocycles. The lowest BCUT2D eigenvalue weighted by atomic mass is 10.2. The fraction of sp³-hybridized carbons (Fsp3) is 0.333. The Kier molecular flexibility index (Phi) is 6.09. The second-order valence-corrected chi connectivity index (χ2v) is 6.25. The summed E-state index contributed by atoms with van der Waals surface area (Å²) in [6, 6.07) is 2.12. The normalized spacial score (nSPS) is 11.8. The Bertz CT molecular complexity index is 591. The molecule has 1 rings (SSSR count). The molecular formula is C12H15ClFNO4S. The fourth-order valence-electron chi connectivity index (χ4n) is 1.63. The van der Waals surface area contributed by atoms with E-state index in [1.54, 1.807) is 0 Å². The van der Waals surface area contributed by atoms with Crippen LogP contribution in [-0.4, -0.2) is 42.6 Å². The summed E-state index contributed by atoms with van der Waals surface area (Å²) >= 11 is 5.74. The summed E-state index contributed by atoms with van der Waals surface area (Å²) in [5.74, 6) is -1.05. The maximum atomic E-state index is 14.1. The minimum absolute atomic E-state index is 0.00317. The number of rotatable bonds is 7. The van der Waals surface area contributed by atoms with Crippen LogP contribution in [0.25, 0.3) is 0 Å². The molecule has 0 fully saturated rings. The van der Waals surface area contributed by atoms with Crippen molar-refractivity contribution >= 4 is 21.6 Å². The van der Waals surface area contributed by atoms with Crippen molar-refractivity contribution in [2.75, 3.05) is 19.7 Å². The molecule has 20 heavy (non-hydrogen) atoms. The number of benzene rings is 1. The Hall–Kier alpha value is -0.990. The van der Waals surface area contributed by atoms with E-state index in [0.29, 0.717) is 0 Å². The first-order valence-electron chi connectivity index (χ1n) is 5.69.